The van der Waals surface area contributed by atoms with Gasteiger partial charge in [0.05, 0.1) is 10.2 Å². The van der Waals surface area contributed by atoms with Gasteiger partial charge in [-0.05, 0) is 48.7 Å². The summed E-state index contributed by atoms with van der Waals surface area (Å²) in [6, 6.07) is 19.5. The van der Waals surface area contributed by atoms with Crippen LogP contribution in [-0.4, -0.2) is 19.3 Å². The van der Waals surface area contributed by atoms with Gasteiger partial charge in [-0.3, -0.25) is 9.36 Å². The van der Waals surface area contributed by atoms with Crippen molar-refractivity contribution in [2.75, 3.05) is 0 Å². The zero-order chi connectivity index (χ0) is 22.8. The second kappa shape index (κ2) is 9.30. The first kappa shape index (κ1) is 21.6. The molecule has 0 radical (unpaired) electrons. The lowest BCUT2D eigenvalue weighted by Gasteiger charge is -2.07. The Labute approximate surface area is 202 Å². The number of fused-ring (bicyclic) bond motifs is 1. The van der Waals surface area contributed by atoms with Gasteiger partial charge in [-0.15, -0.1) is 21.5 Å². The summed E-state index contributed by atoms with van der Waals surface area (Å²) in [4.78, 5) is 13.6. The molecule has 1 aliphatic heterocycles. The Hall–Kier alpha value is -3.28. The lowest BCUT2D eigenvalue weighted by atomic mass is 10.2. The van der Waals surface area contributed by atoms with Gasteiger partial charge < -0.3 is 4.57 Å². The summed E-state index contributed by atoms with van der Waals surface area (Å²) in [7, 11) is 0. The summed E-state index contributed by atoms with van der Waals surface area (Å²) >= 11 is 4.76. The SMILES string of the molecule is N#C/C(c1nnc2n1CCCCC2)=c1\s/c(=C\c2ccc(Br)cc2)c(=O)n1-c1ccccc1. The number of nitriles is 1. The molecule has 8 heteroatoms. The van der Waals surface area contributed by atoms with Gasteiger partial charge in [0.2, 0.25) is 0 Å². The summed E-state index contributed by atoms with van der Waals surface area (Å²) < 4.78 is 5.76. The van der Waals surface area contributed by atoms with Crippen molar-refractivity contribution in [3.05, 3.63) is 95.8 Å². The first-order valence-corrected chi connectivity index (χ1v) is 12.4. The fourth-order valence-electron chi connectivity index (χ4n) is 4.04. The van der Waals surface area contributed by atoms with Crippen LogP contribution in [0.1, 0.15) is 36.5 Å². The molecule has 0 atom stereocenters. The number of nitrogens with zero attached hydrogens (tertiary/aromatic N) is 5. The molecule has 33 heavy (non-hydrogen) atoms. The highest BCUT2D eigenvalue weighted by atomic mass is 79.9. The van der Waals surface area contributed by atoms with E-state index in [2.05, 4.69) is 32.2 Å². The number of para-hydroxylation sites is 1. The highest BCUT2D eigenvalue weighted by Crippen LogP contribution is 2.18. The zero-order valence-electron chi connectivity index (χ0n) is 17.7. The topological polar surface area (TPSA) is 76.5 Å². The quantitative estimate of drug-likeness (QED) is 0.416. The van der Waals surface area contributed by atoms with Crippen molar-refractivity contribution < 1.29 is 0 Å². The van der Waals surface area contributed by atoms with Gasteiger partial charge in [-0.1, -0.05) is 52.7 Å². The molecule has 0 N–H and O–H groups in total. The average molecular weight is 518 g/mol. The van der Waals surface area contributed by atoms with Gasteiger partial charge in [-0.2, -0.15) is 5.26 Å². The maximum Gasteiger partial charge on any atom is 0.273 e. The molecule has 5 rings (SSSR count). The van der Waals surface area contributed by atoms with Crippen LogP contribution in [0.5, 0.6) is 0 Å². The van der Waals surface area contributed by atoms with E-state index in [4.69, 9.17) is 0 Å². The summed E-state index contributed by atoms with van der Waals surface area (Å²) in [6.07, 6.45) is 5.94. The van der Waals surface area contributed by atoms with Gasteiger partial charge >= 0.3 is 0 Å². The third kappa shape index (κ3) is 4.22. The average Bonchev–Trinajstić information content (AvgIpc) is 3.27. The van der Waals surface area contributed by atoms with E-state index in [1.807, 2.05) is 65.2 Å². The monoisotopic (exact) mass is 517 g/mol. The van der Waals surface area contributed by atoms with Crippen molar-refractivity contribution in [2.45, 2.75) is 32.2 Å². The second-order valence-electron chi connectivity index (χ2n) is 7.83. The molecule has 4 aromatic rings. The Balaban J connectivity index is 1.82. The summed E-state index contributed by atoms with van der Waals surface area (Å²) in [6.45, 7) is 0.779. The molecule has 0 spiro atoms. The third-order valence-corrected chi connectivity index (χ3v) is 7.29. The number of halogens is 1. The van der Waals surface area contributed by atoms with E-state index in [-0.39, 0.29) is 5.56 Å². The molecule has 0 bridgehead atoms. The van der Waals surface area contributed by atoms with Crippen molar-refractivity contribution in [1.82, 2.24) is 19.3 Å². The fraction of sp³-hybridized carbons (Fsp3) is 0.200. The summed E-state index contributed by atoms with van der Waals surface area (Å²) in [5.41, 5.74) is 1.84. The maximum absolute atomic E-state index is 13.6. The third-order valence-electron chi connectivity index (χ3n) is 5.66. The van der Waals surface area contributed by atoms with Gasteiger partial charge in [0.1, 0.15) is 22.1 Å². The largest absolute Gasteiger partial charge is 0.310 e. The Morgan fingerprint density at radius 3 is 2.61 bits per heavy atom. The molecule has 2 aromatic carbocycles. The van der Waals surface area contributed by atoms with E-state index in [9.17, 15) is 10.1 Å². The van der Waals surface area contributed by atoms with Crippen molar-refractivity contribution in [3.8, 4) is 11.8 Å². The zero-order valence-corrected chi connectivity index (χ0v) is 20.1. The minimum Gasteiger partial charge on any atom is -0.310 e. The Morgan fingerprint density at radius 1 is 1.06 bits per heavy atom. The van der Waals surface area contributed by atoms with Crippen LogP contribution in [0.25, 0.3) is 17.3 Å². The number of benzene rings is 2. The van der Waals surface area contributed by atoms with Crippen LogP contribution >= 0.6 is 27.3 Å². The molecule has 164 valence electrons. The number of thiazole rings is 1. The summed E-state index contributed by atoms with van der Waals surface area (Å²) in [5, 5.41) is 19.0. The second-order valence-corrected chi connectivity index (χ2v) is 9.78. The molecule has 2 aromatic heterocycles. The molecule has 0 unspecified atom stereocenters. The predicted molar refractivity (Wildman–Crippen MR) is 133 cm³/mol. The van der Waals surface area contributed by atoms with Crippen molar-refractivity contribution >= 4 is 38.9 Å². The van der Waals surface area contributed by atoms with Crippen LogP contribution in [0.3, 0.4) is 0 Å². The molecule has 0 saturated carbocycles. The minimum absolute atomic E-state index is 0.160. The van der Waals surface area contributed by atoms with E-state index < -0.39 is 0 Å². The molecule has 6 nitrogen and oxygen atoms in total. The highest BCUT2D eigenvalue weighted by Gasteiger charge is 2.21. The van der Waals surface area contributed by atoms with Gasteiger partial charge in [0, 0.05) is 17.4 Å². The Kier molecular flexibility index (Phi) is 6.07. The Morgan fingerprint density at radius 2 is 1.85 bits per heavy atom. The standard InChI is InChI=1S/C25H20BrN5OS/c26-18-12-10-17(11-13-18)15-21-24(32)31(19-7-3-1-4-8-19)25(33-21)20(16-27)23-29-28-22-9-5-2-6-14-30(22)23/h1,3-4,7-8,10-13,15H,2,5-6,9,14H2/b21-15-,25-20+. The molecule has 1 aliphatic rings. The van der Waals surface area contributed by atoms with Crippen LogP contribution in [0.2, 0.25) is 0 Å². The maximum atomic E-state index is 13.6. The van der Waals surface area contributed by atoms with Crippen LogP contribution < -0.4 is 14.8 Å². The van der Waals surface area contributed by atoms with Gasteiger partial charge in [0.15, 0.2) is 5.82 Å². The minimum atomic E-state index is -0.160. The molecule has 0 aliphatic carbocycles. The first-order valence-electron chi connectivity index (χ1n) is 10.8. The van der Waals surface area contributed by atoms with Crippen molar-refractivity contribution in [2.24, 2.45) is 0 Å². The normalized spacial score (nSPS) is 15.0. The van der Waals surface area contributed by atoms with E-state index in [0.717, 1.165) is 48.1 Å². The van der Waals surface area contributed by atoms with Gasteiger partial charge in [-0.25, -0.2) is 0 Å². The fourth-order valence-corrected chi connectivity index (χ4v) is 5.40. The molecular formula is C25H20BrN5OS. The lowest BCUT2D eigenvalue weighted by molar-refractivity contribution is 0.627. The van der Waals surface area contributed by atoms with Crippen LogP contribution in [-0.2, 0) is 13.0 Å². The Bertz CT molecular complexity index is 1520. The smallest absolute Gasteiger partial charge is 0.273 e. The molecular weight excluding hydrogens is 498 g/mol. The van der Waals surface area contributed by atoms with Gasteiger partial charge in [0.25, 0.3) is 5.56 Å². The molecule has 3 heterocycles. The molecule has 0 amide bonds. The lowest BCUT2D eigenvalue weighted by Crippen LogP contribution is -2.31. The molecule has 0 saturated heterocycles. The predicted octanol–water partition coefficient (Wildman–Crippen LogP) is 3.53. The summed E-state index contributed by atoms with van der Waals surface area (Å²) in [5.74, 6) is 1.44. The van der Waals surface area contributed by atoms with Crippen LogP contribution in [0.4, 0.5) is 0 Å². The number of hydrogen-bond donors (Lipinski definition) is 0. The van der Waals surface area contributed by atoms with E-state index >= 15 is 0 Å². The van der Waals surface area contributed by atoms with Crippen LogP contribution in [0, 0.1) is 11.3 Å². The van der Waals surface area contributed by atoms with E-state index in [1.54, 1.807) is 4.57 Å². The molecule has 0 fully saturated rings. The number of hydrogen-bond acceptors (Lipinski definition) is 5. The van der Waals surface area contributed by atoms with Crippen molar-refractivity contribution in [1.29, 1.82) is 5.26 Å². The first-order chi connectivity index (χ1) is 16.2. The van der Waals surface area contributed by atoms with E-state index in [0.29, 0.717) is 26.3 Å². The van der Waals surface area contributed by atoms with Crippen molar-refractivity contribution in [3.63, 3.8) is 0 Å². The number of rotatable bonds is 3. The number of aromatic nitrogens is 4. The highest BCUT2D eigenvalue weighted by molar-refractivity contribution is 9.10. The van der Waals surface area contributed by atoms with Crippen LogP contribution in [0.15, 0.2) is 63.9 Å². The van der Waals surface area contributed by atoms with E-state index in [1.165, 1.54) is 11.3 Å². The number of aryl methyl sites for hydroxylation is 1.